The Morgan fingerprint density at radius 1 is 0.833 bits per heavy atom. The van der Waals surface area contributed by atoms with Crippen LogP contribution in [-0.2, 0) is 13.1 Å². The van der Waals surface area contributed by atoms with Crippen LogP contribution in [0, 0.1) is 11.3 Å². The van der Waals surface area contributed by atoms with Crippen molar-refractivity contribution in [3.8, 4) is 17.2 Å². The third-order valence-electron chi connectivity index (χ3n) is 6.69. The van der Waals surface area contributed by atoms with Crippen LogP contribution in [0.3, 0.4) is 0 Å². The summed E-state index contributed by atoms with van der Waals surface area (Å²) in [4.78, 5) is 18.0. The molecule has 1 amide bonds. The Bertz CT molecular complexity index is 1340. The van der Waals surface area contributed by atoms with Gasteiger partial charge in [-0.1, -0.05) is 54.6 Å². The summed E-state index contributed by atoms with van der Waals surface area (Å²) in [5.41, 5.74) is 5.79. The van der Waals surface area contributed by atoms with E-state index in [9.17, 15) is 4.79 Å². The van der Waals surface area contributed by atoms with Crippen molar-refractivity contribution in [1.29, 1.82) is 5.26 Å². The van der Waals surface area contributed by atoms with Crippen LogP contribution in [0.4, 0.5) is 0 Å². The fourth-order valence-corrected chi connectivity index (χ4v) is 4.74. The van der Waals surface area contributed by atoms with E-state index >= 15 is 0 Å². The lowest BCUT2D eigenvalue weighted by Gasteiger charge is -2.23. The van der Waals surface area contributed by atoms with Gasteiger partial charge in [0.2, 0.25) is 0 Å². The lowest BCUT2D eigenvalue weighted by Crippen LogP contribution is -2.35. The molecule has 0 radical (unpaired) electrons. The molecule has 1 aliphatic heterocycles. The molecule has 1 aromatic heterocycles. The highest BCUT2D eigenvalue weighted by atomic mass is 16.2. The van der Waals surface area contributed by atoms with Crippen molar-refractivity contribution in [2.45, 2.75) is 19.5 Å². The molecule has 5 rings (SSSR count). The Labute approximate surface area is 212 Å². The maximum atomic E-state index is 13.6. The van der Waals surface area contributed by atoms with Crippen molar-refractivity contribution >= 4 is 5.91 Å². The van der Waals surface area contributed by atoms with E-state index in [0.717, 1.165) is 55.8 Å². The number of benzene rings is 3. The first-order valence-electron chi connectivity index (χ1n) is 12.4. The van der Waals surface area contributed by atoms with E-state index in [-0.39, 0.29) is 5.91 Å². The van der Waals surface area contributed by atoms with Gasteiger partial charge in [0.15, 0.2) is 0 Å². The summed E-state index contributed by atoms with van der Waals surface area (Å²) in [5, 5.41) is 13.3. The molecule has 1 aliphatic rings. The number of carbonyl (C=O) groups is 1. The van der Waals surface area contributed by atoms with E-state index in [1.165, 1.54) is 11.1 Å². The average Bonchev–Trinajstić information content (AvgIpc) is 3.33. The van der Waals surface area contributed by atoms with Crippen molar-refractivity contribution in [1.82, 2.24) is 19.6 Å². The van der Waals surface area contributed by atoms with Gasteiger partial charge in [-0.15, -0.1) is 0 Å². The molecule has 6 heteroatoms. The average molecular weight is 476 g/mol. The van der Waals surface area contributed by atoms with Crippen molar-refractivity contribution in [3.05, 3.63) is 114 Å². The van der Waals surface area contributed by atoms with Crippen molar-refractivity contribution < 1.29 is 4.79 Å². The highest BCUT2D eigenvalue weighted by molar-refractivity contribution is 6.00. The molecule has 1 saturated heterocycles. The van der Waals surface area contributed by atoms with Crippen molar-refractivity contribution in [2.24, 2.45) is 0 Å². The summed E-state index contributed by atoms with van der Waals surface area (Å²) < 4.78 is 1.90. The Morgan fingerprint density at radius 2 is 1.58 bits per heavy atom. The summed E-state index contributed by atoms with van der Waals surface area (Å²) >= 11 is 0. The maximum Gasteiger partial charge on any atom is 0.254 e. The molecule has 180 valence electrons. The first-order valence-corrected chi connectivity index (χ1v) is 12.4. The second kappa shape index (κ2) is 11.0. The van der Waals surface area contributed by atoms with Gasteiger partial charge in [0.1, 0.15) is 0 Å². The van der Waals surface area contributed by atoms with Gasteiger partial charge in [-0.2, -0.15) is 10.4 Å². The minimum Gasteiger partial charge on any atom is -0.337 e. The van der Waals surface area contributed by atoms with Crippen molar-refractivity contribution in [3.63, 3.8) is 0 Å². The molecule has 0 aliphatic carbocycles. The minimum atomic E-state index is 0.0893. The second-order valence-electron chi connectivity index (χ2n) is 9.18. The molecule has 0 bridgehead atoms. The predicted molar refractivity (Wildman–Crippen MR) is 140 cm³/mol. The Morgan fingerprint density at radius 3 is 2.33 bits per heavy atom. The third kappa shape index (κ3) is 5.54. The van der Waals surface area contributed by atoms with Gasteiger partial charge in [0, 0.05) is 50.7 Å². The zero-order valence-corrected chi connectivity index (χ0v) is 20.3. The highest BCUT2D eigenvalue weighted by Gasteiger charge is 2.22. The number of carbonyl (C=O) groups excluding carboxylic acids is 1. The number of hydrogen-bond acceptors (Lipinski definition) is 4. The predicted octanol–water partition coefficient (Wildman–Crippen LogP) is 4.82. The van der Waals surface area contributed by atoms with E-state index < -0.39 is 0 Å². The summed E-state index contributed by atoms with van der Waals surface area (Å²) in [7, 11) is 0. The van der Waals surface area contributed by atoms with Gasteiger partial charge in [-0.25, -0.2) is 0 Å². The summed E-state index contributed by atoms with van der Waals surface area (Å²) in [6.07, 6.45) is 4.67. The fraction of sp³-hybridized carbons (Fsp3) is 0.233. The molecule has 6 nitrogen and oxygen atoms in total. The van der Waals surface area contributed by atoms with Gasteiger partial charge >= 0.3 is 0 Å². The summed E-state index contributed by atoms with van der Waals surface area (Å²) in [6, 6.07) is 28.1. The van der Waals surface area contributed by atoms with Crippen LogP contribution in [0.25, 0.3) is 11.1 Å². The summed E-state index contributed by atoms with van der Waals surface area (Å²) in [5.74, 6) is 0.0893. The lowest BCUT2D eigenvalue weighted by molar-refractivity contribution is 0.0762. The molecular formula is C30H29N5O. The van der Waals surface area contributed by atoms with Crippen LogP contribution in [0.1, 0.15) is 33.5 Å². The number of nitrogens with zero attached hydrogens (tertiary/aromatic N) is 5. The number of nitriles is 1. The molecule has 1 fully saturated rings. The van der Waals surface area contributed by atoms with Crippen molar-refractivity contribution in [2.75, 3.05) is 26.2 Å². The first kappa shape index (κ1) is 23.5. The molecule has 2 heterocycles. The normalized spacial score (nSPS) is 14.2. The van der Waals surface area contributed by atoms with E-state index in [2.05, 4.69) is 40.3 Å². The Balaban J connectivity index is 1.26. The largest absolute Gasteiger partial charge is 0.337 e. The number of hydrogen-bond donors (Lipinski definition) is 0. The fourth-order valence-electron chi connectivity index (χ4n) is 4.74. The number of aromatic nitrogens is 2. The van der Waals surface area contributed by atoms with Crippen LogP contribution in [0.15, 0.2) is 91.3 Å². The van der Waals surface area contributed by atoms with Gasteiger partial charge in [0.05, 0.1) is 18.2 Å². The molecule has 0 spiro atoms. The Hall–Kier alpha value is -4.21. The smallest absolute Gasteiger partial charge is 0.254 e. The molecule has 0 atom stereocenters. The van der Waals surface area contributed by atoms with E-state index in [4.69, 9.17) is 5.26 Å². The molecule has 36 heavy (non-hydrogen) atoms. The second-order valence-corrected chi connectivity index (χ2v) is 9.18. The lowest BCUT2D eigenvalue weighted by atomic mass is 9.97. The van der Waals surface area contributed by atoms with E-state index in [1.54, 1.807) is 6.20 Å². The van der Waals surface area contributed by atoms with Gasteiger partial charge in [0.25, 0.3) is 5.91 Å². The molecule has 3 aromatic carbocycles. The Kier molecular flexibility index (Phi) is 7.20. The molecule has 0 N–H and O–H groups in total. The maximum absolute atomic E-state index is 13.6. The van der Waals surface area contributed by atoms with E-state index in [1.807, 2.05) is 70.4 Å². The third-order valence-corrected chi connectivity index (χ3v) is 6.69. The van der Waals surface area contributed by atoms with Crippen LogP contribution < -0.4 is 0 Å². The number of rotatable bonds is 6. The number of amides is 1. The zero-order chi connectivity index (χ0) is 24.7. The quantitative estimate of drug-likeness (QED) is 0.401. The van der Waals surface area contributed by atoms with Crippen LogP contribution in [0.2, 0.25) is 0 Å². The van der Waals surface area contributed by atoms with Crippen LogP contribution >= 0.6 is 0 Å². The minimum absolute atomic E-state index is 0.0893. The van der Waals surface area contributed by atoms with Crippen LogP contribution in [0.5, 0.6) is 0 Å². The first-order chi connectivity index (χ1) is 17.7. The highest BCUT2D eigenvalue weighted by Crippen LogP contribution is 2.26. The molecule has 0 saturated carbocycles. The molecular weight excluding hydrogens is 446 g/mol. The van der Waals surface area contributed by atoms with Gasteiger partial charge in [-0.3, -0.25) is 14.4 Å². The zero-order valence-electron chi connectivity index (χ0n) is 20.3. The van der Waals surface area contributed by atoms with Gasteiger partial charge < -0.3 is 4.90 Å². The van der Waals surface area contributed by atoms with Crippen LogP contribution in [-0.4, -0.2) is 51.7 Å². The SMILES string of the molecule is N#Cc1ccc(CN2CCCN(C(=O)c3ccccc3-c3ccc(Cn4cccn4)cc3)CC2)cc1. The monoisotopic (exact) mass is 475 g/mol. The standard InChI is InChI=1S/C30H29N5O/c31-21-24-7-9-25(10-8-24)22-33-16-4-17-34(20-19-33)30(36)29-6-2-1-5-28(29)27-13-11-26(12-14-27)23-35-18-3-15-32-35/h1-3,5-15,18H,4,16-17,19-20,22-23H2. The summed E-state index contributed by atoms with van der Waals surface area (Å²) in [6.45, 7) is 4.78. The van der Waals surface area contributed by atoms with Gasteiger partial charge in [-0.05, 0) is 52.9 Å². The molecule has 4 aromatic rings. The molecule has 0 unspecified atom stereocenters. The topological polar surface area (TPSA) is 65.2 Å². The van der Waals surface area contributed by atoms with E-state index in [0.29, 0.717) is 12.1 Å².